The SMILES string of the molecule is COc1ccccc1Cc1nc2cc(C#N)ccc2n1C. The van der Waals surface area contributed by atoms with Crippen molar-refractivity contribution >= 4 is 11.0 Å². The molecule has 0 fully saturated rings. The molecule has 2 aromatic carbocycles. The van der Waals surface area contributed by atoms with Gasteiger partial charge in [-0.2, -0.15) is 5.26 Å². The van der Waals surface area contributed by atoms with Gasteiger partial charge in [-0.15, -0.1) is 0 Å². The van der Waals surface area contributed by atoms with Crippen LogP contribution in [0.1, 0.15) is 17.0 Å². The van der Waals surface area contributed by atoms with Crippen LogP contribution in [0.4, 0.5) is 0 Å². The van der Waals surface area contributed by atoms with Crippen LogP contribution in [0.5, 0.6) is 5.75 Å². The number of fused-ring (bicyclic) bond motifs is 1. The Kier molecular flexibility index (Phi) is 3.33. The highest BCUT2D eigenvalue weighted by molar-refractivity contribution is 5.77. The predicted octanol–water partition coefficient (Wildman–Crippen LogP) is 3.04. The van der Waals surface area contributed by atoms with Gasteiger partial charge in [0, 0.05) is 19.0 Å². The van der Waals surface area contributed by atoms with Gasteiger partial charge in [-0.05, 0) is 24.3 Å². The second-order valence-electron chi connectivity index (χ2n) is 4.89. The van der Waals surface area contributed by atoms with E-state index in [9.17, 15) is 0 Å². The van der Waals surface area contributed by atoms with Crippen molar-refractivity contribution in [2.75, 3.05) is 7.11 Å². The maximum atomic E-state index is 8.98. The quantitative estimate of drug-likeness (QED) is 0.739. The number of benzene rings is 2. The predicted molar refractivity (Wildman–Crippen MR) is 81.2 cm³/mol. The normalized spacial score (nSPS) is 10.5. The maximum Gasteiger partial charge on any atom is 0.122 e. The van der Waals surface area contributed by atoms with E-state index in [1.807, 2.05) is 49.5 Å². The van der Waals surface area contributed by atoms with Gasteiger partial charge < -0.3 is 9.30 Å². The van der Waals surface area contributed by atoms with Crippen molar-refractivity contribution in [1.82, 2.24) is 9.55 Å². The van der Waals surface area contributed by atoms with E-state index in [0.717, 1.165) is 28.2 Å². The van der Waals surface area contributed by atoms with E-state index in [-0.39, 0.29) is 0 Å². The Hall–Kier alpha value is -2.80. The Morgan fingerprint density at radius 3 is 2.81 bits per heavy atom. The van der Waals surface area contributed by atoms with E-state index >= 15 is 0 Å². The van der Waals surface area contributed by atoms with Crippen LogP contribution in [0.3, 0.4) is 0 Å². The van der Waals surface area contributed by atoms with E-state index in [1.54, 1.807) is 7.11 Å². The number of hydrogen-bond donors (Lipinski definition) is 0. The molecule has 4 nitrogen and oxygen atoms in total. The number of imidazole rings is 1. The van der Waals surface area contributed by atoms with Gasteiger partial charge in [0.2, 0.25) is 0 Å². The molecule has 0 N–H and O–H groups in total. The fourth-order valence-electron chi connectivity index (χ4n) is 2.50. The Labute approximate surface area is 123 Å². The summed E-state index contributed by atoms with van der Waals surface area (Å²) in [4.78, 5) is 4.65. The summed E-state index contributed by atoms with van der Waals surface area (Å²) in [6, 6.07) is 15.7. The van der Waals surface area contributed by atoms with Gasteiger partial charge in [-0.25, -0.2) is 4.98 Å². The number of nitriles is 1. The van der Waals surface area contributed by atoms with Gasteiger partial charge >= 0.3 is 0 Å². The second kappa shape index (κ2) is 5.29. The van der Waals surface area contributed by atoms with Crippen LogP contribution in [0, 0.1) is 11.3 Å². The molecule has 3 rings (SSSR count). The molecule has 1 heterocycles. The molecule has 0 aliphatic rings. The largest absolute Gasteiger partial charge is 0.496 e. The molecule has 21 heavy (non-hydrogen) atoms. The van der Waals surface area contributed by atoms with Gasteiger partial charge in [-0.3, -0.25) is 0 Å². The van der Waals surface area contributed by atoms with E-state index in [0.29, 0.717) is 12.0 Å². The monoisotopic (exact) mass is 277 g/mol. The highest BCUT2D eigenvalue weighted by atomic mass is 16.5. The lowest BCUT2D eigenvalue weighted by molar-refractivity contribution is 0.410. The van der Waals surface area contributed by atoms with Crippen molar-refractivity contribution in [1.29, 1.82) is 5.26 Å². The van der Waals surface area contributed by atoms with Gasteiger partial charge in [0.15, 0.2) is 0 Å². The first-order valence-electron chi connectivity index (χ1n) is 6.70. The summed E-state index contributed by atoms with van der Waals surface area (Å²) in [5.41, 5.74) is 3.60. The Morgan fingerprint density at radius 1 is 1.24 bits per heavy atom. The molecule has 4 heteroatoms. The fourth-order valence-corrected chi connectivity index (χ4v) is 2.50. The van der Waals surface area contributed by atoms with E-state index in [4.69, 9.17) is 10.00 Å². The average molecular weight is 277 g/mol. The van der Waals surface area contributed by atoms with Crippen molar-refractivity contribution in [3.8, 4) is 11.8 Å². The highest BCUT2D eigenvalue weighted by Gasteiger charge is 2.11. The Balaban J connectivity index is 2.05. The first-order chi connectivity index (χ1) is 10.2. The van der Waals surface area contributed by atoms with E-state index < -0.39 is 0 Å². The lowest BCUT2D eigenvalue weighted by atomic mass is 10.1. The molecule has 0 aliphatic carbocycles. The first kappa shape index (κ1) is 13.2. The first-order valence-corrected chi connectivity index (χ1v) is 6.70. The Bertz CT molecular complexity index is 843. The van der Waals surface area contributed by atoms with Crippen molar-refractivity contribution in [3.63, 3.8) is 0 Å². The van der Waals surface area contributed by atoms with E-state index in [2.05, 4.69) is 15.6 Å². The third-order valence-corrected chi connectivity index (χ3v) is 3.64. The summed E-state index contributed by atoms with van der Waals surface area (Å²) >= 11 is 0. The van der Waals surface area contributed by atoms with Crippen LogP contribution < -0.4 is 4.74 Å². The van der Waals surface area contributed by atoms with Crippen molar-refractivity contribution < 1.29 is 4.74 Å². The molecular weight excluding hydrogens is 262 g/mol. The topological polar surface area (TPSA) is 50.8 Å². The van der Waals surface area contributed by atoms with Crippen molar-refractivity contribution in [2.24, 2.45) is 7.05 Å². The average Bonchev–Trinajstić information content (AvgIpc) is 2.83. The van der Waals surface area contributed by atoms with Crippen LogP contribution in [0.25, 0.3) is 11.0 Å². The minimum Gasteiger partial charge on any atom is -0.496 e. The number of aromatic nitrogens is 2. The molecule has 0 atom stereocenters. The minimum atomic E-state index is 0.629. The molecule has 104 valence electrons. The smallest absolute Gasteiger partial charge is 0.122 e. The van der Waals surface area contributed by atoms with Crippen molar-refractivity contribution in [3.05, 3.63) is 59.4 Å². The lowest BCUT2D eigenvalue weighted by Crippen LogP contribution is -2.00. The zero-order valence-corrected chi connectivity index (χ0v) is 12.0. The van der Waals surface area contributed by atoms with E-state index in [1.165, 1.54) is 0 Å². The molecule has 0 saturated carbocycles. The number of rotatable bonds is 3. The van der Waals surface area contributed by atoms with Gasteiger partial charge in [0.1, 0.15) is 11.6 Å². The molecule has 0 unspecified atom stereocenters. The molecule has 0 bridgehead atoms. The molecule has 0 saturated heterocycles. The molecule has 0 radical (unpaired) electrons. The van der Waals surface area contributed by atoms with Gasteiger partial charge in [-0.1, -0.05) is 18.2 Å². The number of methoxy groups -OCH3 is 1. The number of hydrogen-bond acceptors (Lipinski definition) is 3. The summed E-state index contributed by atoms with van der Waals surface area (Å²) in [5, 5.41) is 8.98. The molecule has 1 aromatic heterocycles. The van der Waals surface area contributed by atoms with Crippen LogP contribution in [-0.4, -0.2) is 16.7 Å². The summed E-state index contributed by atoms with van der Waals surface area (Å²) < 4.78 is 7.45. The number of nitrogens with zero attached hydrogens (tertiary/aromatic N) is 3. The maximum absolute atomic E-state index is 8.98. The van der Waals surface area contributed by atoms with Crippen LogP contribution >= 0.6 is 0 Å². The summed E-state index contributed by atoms with van der Waals surface area (Å²) in [5.74, 6) is 1.81. The summed E-state index contributed by atoms with van der Waals surface area (Å²) in [7, 11) is 3.67. The van der Waals surface area contributed by atoms with Crippen LogP contribution in [-0.2, 0) is 13.5 Å². The zero-order valence-electron chi connectivity index (χ0n) is 12.0. The standard InChI is InChI=1S/C17H15N3O/c1-20-15-8-7-12(11-18)9-14(15)19-17(20)10-13-5-3-4-6-16(13)21-2/h3-9H,10H2,1-2H3. The molecule has 0 amide bonds. The number of ether oxygens (including phenoxy) is 1. The highest BCUT2D eigenvalue weighted by Crippen LogP contribution is 2.23. The minimum absolute atomic E-state index is 0.629. The summed E-state index contributed by atoms with van der Waals surface area (Å²) in [6.45, 7) is 0. The zero-order chi connectivity index (χ0) is 14.8. The molecular formula is C17H15N3O. The lowest BCUT2D eigenvalue weighted by Gasteiger charge is -2.08. The summed E-state index contributed by atoms with van der Waals surface area (Å²) in [6.07, 6.45) is 0.692. The fraction of sp³-hybridized carbons (Fsp3) is 0.176. The van der Waals surface area contributed by atoms with Gasteiger partial charge in [0.05, 0.1) is 29.8 Å². The molecule has 3 aromatic rings. The third-order valence-electron chi connectivity index (χ3n) is 3.64. The Morgan fingerprint density at radius 2 is 2.05 bits per heavy atom. The van der Waals surface area contributed by atoms with Crippen LogP contribution in [0.15, 0.2) is 42.5 Å². The second-order valence-corrected chi connectivity index (χ2v) is 4.89. The molecule has 0 aliphatic heterocycles. The van der Waals surface area contributed by atoms with Crippen LogP contribution in [0.2, 0.25) is 0 Å². The number of aryl methyl sites for hydroxylation is 1. The van der Waals surface area contributed by atoms with Gasteiger partial charge in [0.25, 0.3) is 0 Å². The van der Waals surface area contributed by atoms with Crippen molar-refractivity contribution in [2.45, 2.75) is 6.42 Å². The molecule has 0 spiro atoms. The third kappa shape index (κ3) is 2.34. The number of para-hydroxylation sites is 1.